The van der Waals surface area contributed by atoms with Crippen LogP contribution in [0.2, 0.25) is 0 Å². The maximum Gasteiger partial charge on any atom is 0.325 e. The lowest BCUT2D eigenvalue weighted by molar-refractivity contribution is -0.143. The molecule has 0 amide bonds. The topological polar surface area (TPSA) is 65.9 Å². The zero-order valence-corrected chi connectivity index (χ0v) is 14.6. The molecule has 1 aliphatic heterocycles. The molecule has 2 aromatic rings. The molecule has 25 heavy (non-hydrogen) atoms. The number of rotatable bonds is 5. The van der Waals surface area contributed by atoms with Crippen molar-refractivity contribution in [3.05, 3.63) is 53.7 Å². The van der Waals surface area contributed by atoms with Crippen molar-refractivity contribution in [1.82, 2.24) is 9.88 Å². The van der Waals surface area contributed by atoms with Gasteiger partial charge in [-0.25, -0.2) is 4.98 Å². The Morgan fingerprint density at radius 3 is 2.36 bits per heavy atom. The minimum Gasteiger partial charge on any atom is -0.497 e. The number of carbonyl (C=O) groups is 1. The quantitative estimate of drug-likeness (QED) is 0.900. The predicted molar refractivity (Wildman–Crippen MR) is 96.1 cm³/mol. The molecule has 0 radical (unpaired) electrons. The number of carboxylic acid groups (broad SMARTS) is 1. The third-order valence-corrected chi connectivity index (χ3v) is 4.54. The highest BCUT2D eigenvalue weighted by Crippen LogP contribution is 2.25. The van der Waals surface area contributed by atoms with E-state index in [2.05, 4.69) is 9.88 Å². The monoisotopic (exact) mass is 341 g/mol. The van der Waals surface area contributed by atoms with Gasteiger partial charge in [0.15, 0.2) is 0 Å². The van der Waals surface area contributed by atoms with Crippen LogP contribution < -0.4 is 9.64 Å². The first-order chi connectivity index (χ1) is 12.1. The van der Waals surface area contributed by atoms with Gasteiger partial charge >= 0.3 is 5.97 Å². The Bertz CT molecular complexity index is 725. The summed E-state index contributed by atoms with van der Waals surface area (Å²) in [6.45, 7) is 4.86. The number of aryl methyl sites for hydroxylation is 1. The summed E-state index contributed by atoms with van der Waals surface area (Å²) in [5.41, 5.74) is 1.76. The summed E-state index contributed by atoms with van der Waals surface area (Å²) < 4.78 is 5.15. The van der Waals surface area contributed by atoms with Crippen LogP contribution >= 0.6 is 0 Å². The van der Waals surface area contributed by atoms with Crippen molar-refractivity contribution in [1.29, 1.82) is 0 Å². The number of anilines is 1. The molecule has 132 valence electrons. The zero-order valence-electron chi connectivity index (χ0n) is 14.6. The first-order valence-electron chi connectivity index (χ1n) is 8.38. The molecular weight excluding hydrogens is 318 g/mol. The number of pyridine rings is 1. The van der Waals surface area contributed by atoms with Gasteiger partial charge in [-0.15, -0.1) is 0 Å². The molecule has 0 spiro atoms. The van der Waals surface area contributed by atoms with Gasteiger partial charge in [0, 0.05) is 31.9 Å². The molecule has 0 bridgehead atoms. The van der Waals surface area contributed by atoms with Crippen LogP contribution in [0, 0.1) is 6.92 Å². The Balaban J connectivity index is 1.71. The summed E-state index contributed by atoms with van der Waals surface area (Å²) >= 11 is 0. The Kier molecular flexibility index (Phi) is 5.19. The van der Waals surface area contributed by atoms with Gasteiger partial charge in [-0.1, -0.05) is 18.2 Å². The third-order valence-electron chi connectivity index (χ3n) is 4.54. The highest BCUT2D eigenvalue weighted by molar-refractivity contribution is 5.75. The lowest BCUT2D eigenvalue weighted by Crippen LogP contribution is -2.49. The Hall–Kier alpha value is -2.60. The summed E-state index contributed by atoms with van der Waals surface area (Å²) in [7, 11) is 1.60. The van der Waals surface area contributed by atoms with Crippen LogP contribution in [0.1, 0.15) is 17.3 Å². The number of ether oxygens (including phenoxy) is 1. The van der Waals surface area contributed by atoms with Crippen LogP contribution in [0.4, 0.5) is 5.82 Å². The summed E-state index contributed by atoms with van der Waals surface area (Å²) in [4.78, 5) is 20.6. The highest BCUT2D eigenvalue weighted by atomic mass is 16.5. The Labute approximate surface area is 147 Å². The van der Waals surface area contributed by atoms with Gasteiger partial charge in [-0.2, -0.15) is 0 Å². The van der Waals surface area contributed by atoms with Gasteiger partial charge in [0.1, 0.15) is 17.6 Å². The fraction of sp³-hybridized carbons (Fsp3) is 0.368. The standard InChI is InChI=1S/C19H23N3O3/c1-14-4-3-5-17(20-14)21-10-12-22(13-11-21)18(19(23)24)15-6-8-16(25-2)9-7-15/h3-9,18H,10-13H2,1-2H3,(H,23,24)/t18-/m1/s1. The molecule has 1 atom stereocenters. The fourth-order valence-electron chi connectivity index (χ4n) is 3.21. The van der Waals surface area contributed by atoms with Crippen molar-refractivity contribution in [3.8, 4) is 5.75 Å². The van der Waals surface area contributed by atoms with Crippen LogP contribution in [0.25, 0.3) is 0 Å². The van der Waals surface area contributed by atoms with Crippen LogP contribution in [-0.4, -0.2) is 54.2 Å². The number of aromatic nitrogens is 1. The second-order valence-corrected chi connectivity index (χ2v) is 6.17. The fourth-order valence-corrected chi connectivity index (χ4v) is 3.21. The maximum atomic E-state index is 11.9. The molecular formula is C19H23N3O3. The molecule has 1 fully saturated rings. The number of nitrogens with zero attached hydrogens (tertiary/aromatic N) is 3. The summed E-state index contributed by atoms with van der Waals surface area (Å²) in [5.74, 6) is 0.853. The second kappa shape index (κ2) is 7.53. The molecule has 2 heterocycles. The summed E-state index contributed by atoms with van der Waals surface area (Å²) in [6.07, 6.45) is 0. The lowest BCUT2D eigenvalue weighted by Gasteiger charge is -2.38. The molecule has 1 saturated heterocycles. The minimum atomic E-state index is -0.827. The number of benzene rings is 1. The smallest absolute Gasteiger partial charge is 0.325 e. The van der Waals surface area contributed by atoms with Crippen molar-refractivity contribution in [2.75, 3.05) is 38.2 Å². The van der Waals surface area contributed by atoms with Gasteiger partial charge in [0.05, 0.1) is 7.11 Å². The average Bonchev–Trinajstić information content (AvgIpc) is 2.63. The van der Waals surface area contributed by atoms with E-state index in [0.717, 1.165) is 35.9 Å². The van der Waals surface area contributed by atoms with Crippen molar-refractivity contribution in [2.24, 2.45) is 0 Å². The van der Waals surface area contributed by atoms with E-state index in [4.69, 9.17) is 4.74 Å². The van der Waals surface area contributed by atoms with E-state index in [9.17, 15) is 9.90 Å². The SMILES string of the molecule is COc1ccc([C@H](C(=O)O)N2CCN(c3cccc(C)n3)CC2)cc1. The normalized spacial score (nSPS) is 16.5. The number of hydrogen-bond acceptors (Lipinski definition) is 5. The molecule has 0 saturated carbocycles. The number of hydrogen-bond donors (Lipinski definition) is 1. The van der Waals surface area contributed by atoms with E-state index >= 15 is 0 Å². The van der Waals surface area contributed by atoms with Gasteiger partial charge in [0.25, 0.3) is 0 Å². The van der Waals surface area contributed by atoms with E-state index in [0.29, 0.717) is 13.1 Å². The molecule has 0 unspecified atom stereocenters. The molecule has 6 nitrogen and oxygen atoms in total. The second-order valence-electron chi connectivity index (χ2n) is 6.17. The highest BCUT2D eigenvalue weighted by Gasteiger charge is 2.30. The van der Waals surface area contributed by atoms with Gasteiger partial charge < -0.3 is 14.7 Å². The number of carboxylic acids is 1. The van der Waals surface area contributed by atoms with Gasteiger partial charge in [-0.3, -0.25) is 9.69 Å². The van der Waals surface area contributed by atoms with E-state index in [1.54, 1.807) is 19.2 Å². The lowest BCUT2D eigenvalue weighted by atomic mass is 10.0. The molecule has 0 aliphatic carbocycles. The molecule has 3 rings (SSSR count). The first kappa shape index (κ1) is 17.2. The Morgan fingerprint density at radius 1 is 1.12 bits per heavy atom. The number of aliphatic carboxylic acids is 1. The number of piperazine rings is 1. The van der Waals surface area contributed by atoms with Gasteiger partial charge in [-0.05, 0) is 36.8 Å². The zero-order chi connectivity index (χ0) is 17.8. The van der Waals surface area contributed by atoms with Crippen molar-refractivity contribution >= 4 is 11.8 Å². The van der Waals surface area contributed by atoms with Crippen LogP contribution in [0.15, 0.2) is 42.5 Å². The summed E-state index contributed by atoms with van der Waals surface area (Å²) in [5, 5.41) is 9.73. The molecule has 1 aromatic carbocycles. The summed E-state index contributed by atoms with van der Waals surface area (Å²) in [6, 6.07) is 12.6. The van der Waals surface area contributed by atoms with Crippen LogP contribution in [0.5, 0.6) is 5.75 Å². The van der Waals surface area contributed by atoms with Gasteiger partial charge in [0.2, 0.25) is 0 Å². The third kappa shape index (κ3) is 3.91. The molecule has 1 N–H and O–H groups in total. The van der Waals surface area contributed by atoms with E-state index in [1.807, 2.05) is 42.2 Å². The molecule has 1 aromatic heterocycles. The maximum absolute atomic E-state index is 11.9. The number of methoxy groups -OCH3 is 1. The molecule has 1 aliphatic rings. The first-order valence-corrected chi connectivity index (χ1v) is 8.38. The van der Waals surface area contributed by atoms with Crippen molar-refractivity contribution < 1.29 is 14.6 Å². The average molecular weight is 341 g/mol. The van der Waals surface area contributed by atoms with E-state index < -0.39 is 12.0 Å². The Morgan fingerprint density at radius 2 is 1.80 bits per heavy atom. The largest absolute Gasteiger partial charge is 0.497 e. The minimum absolute atomic E-state index is 0.640. The molecule has 6 heteroatoms. The van der Waals surface area contributed by atoms with E-state index in [1.165, 1.54) is 0 Å². The van der Waals surface area contributed by atoms with Crippen molar-refractivity contribution in [3.63, 3.8) is 0 Å². The predicted octanol–water partition coefficient (Wildman–Crippen LogP) is 2.35. The van der Waals surface area contributed by atoms with Crippen LogP contribution in [0.3, 0.4) is 0 Å². The van der Waals surface area contributed by atoms with Crippen LogP contribution in [-0.2, 0) is 4.79 Å². The van der Waals surface area contributed by atoms with Crippen molar-refractivity contribution in [2.45, 2.75) is 13.0 Å². The van der Waals surface area contributed by atoms with E-state index in [-0.39, 0.29) is 0 Å².